The van der Waals surface area contributed by atoms with Crippen molar-refractivity contribution in [1.82, 2.24) is 10.2 Å². The number of benzene rings is 2. The highest BCUT2D eigenvalue weighted by molar-refractivity contribution is 5.92. The molecule has 0 aliphatic carbocycles. The van der Waals surface area contributed by atoms with Crippen LogP contribution in [-0.2, 0) is 9.53 Å². The monoisotopic (exact) mass is 384 g/mol. The second-order valence-corrected chi connectivity index (χ2v) is 6.60. The first kappa shape index (κ1) is 20.0. The van der Waals surface area contributed by atoms with Gasteiger partial charge in [0, 0.05) is 31.3 Å². The zero-order chi connectivity index (χ0) is 19.8. The van der Waals surface area contributed by atoms with Crippen LogP contribution in [0.15, 0.2) is 54.6 Å². The van der Waals surface area contributed by atoms with Crippen molar-refractivity contribution in [2.45, 2.75) is 6.04 Å². The van der Waals surface area contributed by atoms with Crippen LogP contribution >= 0.6 is 0 Å². The van der Waals surface area contributed by atoms with E-state index in [9.17, 15) is 9.18 Å². The molecule has 1 aliphatic rings. The van der Waals surface area contributed by atoms with Crippen molar-refractivity contribution in [3.8, 4) is 5.75 Å². The molecule has 2 aromatic carbocycles. The fourth-order valence-electron chi connectivity index (χ4n) is 3.11. The van der Waals surface area contributed by atoms with Crippen LogP contribution in [0.4, 0.5) is 4.39 Å². The summed E-state index contributed by atoms with van der Waals surface area (Å²) in [5, 5.41) is 3.04. The van der Waals surface area contributed by atoms with Crippen LogP contribution in [0, 0.1) is 5.82 Å². The van der Waals surface area contributed by atoms with Gasteiger partial charge in [-0.25, -0.2) is 4.39 Å². The molecular formula is C22H25FN2O3. The summed E-state index contributed by atoms with van der Waals surface area (Å²) in [6.45, 7) is 3.71. The third kappa shape index (κ3) is 5.65. The maximum atomic E-state index is 13.7. The van der Waals surface area contributed by atoms with Gasteiger partial charge in [0.1, 0.15) is 11.6 Å². The molecule has 148 valence electrons. The van der Waals surface area contributed by atoms with E-state index in [1.165, 1.54) is 18.2 Å². The number of methoxy groups -OCH3 is 1. The standard InChI is InChI=1S/C22H25FN2O3/c1-27-19-9-6-18(7-10-19)21(16-25-12-14-28-15-13-25)24-22(26)11-8-17-4-2-3-5-20(17)23/h2-11,21H,12-16H2,1H3,(H,24,26). The number of nitrogens with zero attached hydrogens (tertiary/aromatic N) is 1. The van der Waals surface area contributed by atoms with Crippen molar-refractivity contribution in [2.75, 3.05) is 40.0 Å². The van der Waals surface area contributed by atoms with Crippen LogP contribution in [0.2, 0.25) is 0 Å². The van der Waals surface area contributed by atoms with Gasteiger partial charge in [-0.05, 0) is 29.8 Å². The molecule has 1 heterocycles. The van der Waals surface area contributed by atoms with E-state index in [-0.39, 0.29) is 17.8 Å². The van der Waals surface area contributed by atoms with Gasteiger partial charge in [0.25, 0.3) is 0 Å². The molecule has 1 unspecified atom stereocenters. The minimum absolute atomic E-state index is 0.193. The highest BCUT2D eigenvalue weighted by atomic mass is 19.1. The fraction of sp³-hybridized carbons (Fsp3) is 0.318. The van der Waals surface area contributed by atoms with E-state index in [4.69, 9.17) is 9.47 Å². The minimum atomic E-state index is -0.355. The lowest BCUT2D eigenvalue weighted by molar-refractivity contribution is -0.117. The molecule has 1 atom stereocenters. The molecule has 0 saturated carbocycles. The molecule has 6 heteroatoms. The minimum Gasteiger partial charge on any atom is -0.497 e. The fourth-order valence-corrected chi connectivity index (χ4v) is 3.11. The Labute approximate surface area is 164 Å². The zero-order valence-electron chi connectivity index (χ0n) is 15.9. The second kappa shape index (κ2) is 10.0. The molecule has 0 spiro atoms. The van der Waals surface area contributed by atoms with Gasteiger partial charge in [-0.3, -0.25) is 9.69 Å². The van der Waals surface area contributed by atoms with E-state index in [0.717, 1.165) is 24.4 Å². The Hall–Kier alpha value is -2.70. The molecule has 0 bridgehead atoms. The van der Waals surface area contributed by atoms with Crippen molar-refractivity contribution in [2.24, 2.45) is 0 Å². The van der Waals surface area contributed by atoms with Crippen LogP contribution in [0.5, 0.6) is 5.75 Å². The van der Waals surface area contributed by atoms with Gasteiger partial charge in [-0.2, -0.15) is 0 Å². The van der Waals surface area contributed by atoms with Gasteiger partial charge in [0.2, 0.25) is 5.91 Å². The van der Waals surface area contributed by atoms with E-state index in [1.54, 1.807) is 25.3 Å². The van der Waals surface area contributed by atoms with Crippen LogP contribution in [-0.4, -0.2) is 50.8 Å². The van der Waals surface area contributed by atoms with Crippen molar-refractivity contribution >= 4 is 12.0 Å². The Balaban J connectivity index is 1.71. The summed E-state index contributed by atoms with van der Waals surface area (Å²) in [6, 6.07) is 13.8. The summed E-state index contributed by atoms with van der Waals surface area (Å²) < 4.78 is 24.4. The summed E-state index contributed by atoms with van der Waals surface area (Å²) in [7, 11) is 1.62. The quantitative estimate of drug-likeness (QED) is 0.746. The third-order valence-electron chi connectivity index (χ3n) is 4.70. The molecule has 2 aromatic rings. The van der Waals surface area contributed by atoms with Crippen molar-refractivity contribution in [3.63, 3.8) is 0 Å². The first-order valence-corrected chi connectivity index (χ1v) is 9.33. The number of hydrogen-bond acceptors (Lipinski definition) is 4. The van der Waals surface area contributed by atoms with Crippen molar-refractivity contribution in [3.05, 3.63) is 71.6 Å². The van der Waals surface area contributed by atoms with Gasteiger partial charge in [0.15, 0.2) is 0 Å². The Bertz CT molecular complexity index is 802. The summed E-state index contributed by atoms with van der Waals surface area (Å²) in [6.07, 6.45) is 2.86. The lowest BCUT2D eigenvalue weighted by atomic mass is 10.1. The van der Waals surface area contributed by atoms with Gasteiger partial charge in [0.05, 0.1) is 26.4 Å². The highest BCUT2D eigenvalue weighted by Crippen LogP contribution is 2.19. The van der Waals surface area contributed by atoms with E-state index < -0.39 is 0 Å². The van der Waals surface area contributed by atoms with Crippen LogP contribution in [0.3, 0.4) is 0 Å². The second-order valence-electron chi connectivity index (χ2n) is 6.60. The molecule has 1 saturated heterocycles. The summed E-state index contributed by atoms with van der Waals surface area (Å²) in [5.41, 5.74) is 1.37. The molecule has 28 heavy (non-hydrogen) atoms. The van der Waals surface area contributed by atoms with E-state index in [0.29, 0.717) is 25.3 Å². The normalized spacial score (nSPS) is 16.1. The van der Waals surface area contributed by atoms with E-state index in [1.807, 2.05) is 24.3 Å². The predicted molar refractivity (Wildman–Crippen MR) is 107 cm³/mol. The SMILES string of the molecule is COc1ccc(C(CN2CCOCC2)NC(=O)C=Cc2ccccc2F)cc1. The average Bonchev–Trinajstić information content (AvgIpc) is 2.73. The van der Waals surface area contributed by atoms with Gasteiger partial charge < -0.3 is 14.8 Å². The number of carbonyl (C=O) groups is 1. The molecular weight excluding hydrogens is 359 g/mol. The smallest absolute Gasteiger partial charge is 0.244 e. The lowest BCUT2D eigenvalue weighted by Crippen LogP contribution is -2.42. The largest absolute Gasteiger partial charge is 0.497 e. The average molecular weight is 384 g/mol. The van der Waals surface area contributed by atoms with Crippen molar-refractivity contribution < 1.29 is 18.7 Å². The molecule has 3 rings (SSSR count). The number of halogens is 1. The van der Waals surface area contributed by atoms with Crippen LogP contribution in [0.1, 0.15) is 17.2 Å². The number of rotatable bonds is 7. The Morgan fingerprint density at radius 1 is 1.21 bits per heavy atom. The topological polar surface area (TPSA) is 50.8 Å². The Morgan fingerprint density at radius 3 is 2.61 bits per heavy atom. The molecule has 1 fully saturated rings. The summed E-state index contributed by atoms with van der Waals surface area (Å²) in [4.78, 5) is 14.8. The van der Waals surface area contributed by atoms with E-state index >= 15 is 0 Å². The lowest BCUT2D eigenvalue weighted by Gasteiger charge is -2.31. The third-order valence-corrected chi connectivity index (χ3v) is 4.70. The number of morpholine rings is 1. The molecule has 0 aromatic heterocycles. The predicted octanol–water partition coefficient (Wildman–Crippen LogP) is 3.04. The Morgan fingerprint density at radius 2 is 1.93 bits per heavy atom. The number of ether oxygens (including phenoxy) is 2. The van der Waals surface area contributed by atoms with Crippen LogP contribution < -0.4 is 10.1 Å². The van der Waals surface area contributed by atoms with Gasteiger partial charge >= 0.3 is 0 Å². The number of amides is 1. The maximum absolute atomic E-state index is 13.7. The Kier molecular flexibility index (Phi) is 7.17. The number of carbonyl (C=O) groups excluding carboxylic acids is 1. The molecule has 0 radical (unpaired) electrons. The van der Waals surface area contributed by atoms with Crippen molar-refractivity contribution in [1.29, 1.82) is 0 Å². The zero-order valence-corrected chi connectivity index (χ0v) is 15.9. The highest BCUT2D eigenvalue weighted by Gasteiger charge is 2.19. The molecule has 5 nitrogen and oxygen atoms in total. The van der Waals surface area contributed by atoms with E-state index in [2.05, 4.69) is 10.2 Å². The van der Waals surface area contributed by atoms with Crippen LogP contribution in [0.25, 0.3) is 6.08 Å². The summed E-state index contributed by atoms with van der Waals surface area (Å²) in [5.74, 6) is 0.142. The first-order valence-electron chi connectivity index (χ1n) is 9.33. The molecule has 1 amide bonds. The number of nitrogens with one attached hydrogen (secondary N) is 1. The van der Waals surface area contributed by atoms with Gasteiger partial charge in [-0.15, -0.1) is 0 Å². The number of hydrogen-bond donors (Lipinski definition) is 1. The molecule has 1 N–H and O–H groups in total. The van der Waals surface area contributed by atoms with Gasteiger partial charge in [-0.1, -0.05) is 30.3 Å². The molecule has 1 aliphatic heterocycles. The summed E-state index contributed by atoms with van der Waals surface area (Å²) >= 11 is 0. The maximum Gasteiger partial charge on any atom is 0.244 e. The first-order chi connectivity index (χ1) is 13.7.